The second kappa shape index (κ2) is 7.06. The van der Waals surface area contributed by atoms with Gasteiger partial charge in [0, 0.05) is 0 Å². The average Bonchev–Trinajstić information content (AvgIpc) is 2.46. The van der Waals surface area contributed by atoms with Gasteiger partial charge in [-0.3, -0.25) is 4.79 Å². The van der Waals surface area contributed by atoms with Crippen LogP contribution in [0.4, 0.5) is 4.39 Å². The lowest BCUT2D eigenvalue weighted by Crippen LogP contribution is -2.20. The molecule has 0 heterocycles. The van der Waals surface area contributed by atoms with Crippen LogP contribution in [0.3, 0.4) is 0 Å². The number of alkyl halides is 1. The van der Waals surface area contributed by atoms with Gasteiger partial charge in [-0.2, -0.15) is 0 Å². The predicted octanol–water partition coefficient (Wildman–Crippen LogP) is 3.72. The van der Waals surface area contributed by atoms with E-state index in [9.17, 15) is 9.18 Å². The van der Waals surface area contributed by atoms with Crippen molar-refractivity contribution in [2.45, 2.75) is 18.4 Å². The van der Waals surface area contributed by atoms with Crippen molar-refractivity contribution in [3.05, 3.63) is 71.5 Å². The van der Waals surface area contributed by atoms with Crippen molar-refractivity contribution in [1.82, 2.24) is 0 Å². The second-order valence-electron chi connectivity index (χ2n) is 4.39. The maximum Gasteiger partial charge on any atom is 0.324 e. The zero-order valence-electron chi connectivity index (χ0n) is 10.8. The Morgan fingerprint density at radius 2 is 1.80 bits per heavy atom. The van der Waals surface area contributed by atoms with Crippen LogP contribution in [0.5, 0.6) is 0 Å². The van der Waals surface area contributed by atoms with Crippen LogP contribution in [-0.4, -0.2) is 11.3 Å². The molecular weight excluding hydrogens is 279 g/mol. The van der Waals surface area contributed by atoms with Gasteiger partial charge in [0.15, 0.2) is 0 Å². The fourth-order valence-electron chi connectivity index (χ4n) is 1.77. The summed E-state index contributed by atoms with van der Waals surface area (Å²) in [7, 11) is 0. The summed E-state index contributed by atoms with van der Waals surface area (Å²) >= 11 is 5.99. The third-order valence-corrected chi connectivity index (χ3v) is 3.12. The van der Waals surface area contributed by atoms with E-state index < -0.39 is 11.3 Å². The summed E-state index contributed by atoms with van der Waals surface area (Å²) in [6.45, 7) is 0.187. The van der Waals surface area contributed by atoms with Crippen LogP contribution in [0.1, 0.15) is 11.1 Å². The number of halogens is 2. The highest BCUT2D eigenvalue weighted by Gasteiger charge is 2.17. The molecule has 0 bridgehead atoms. The Bertz CT molecular complexity index is 572. The summed E-state index contributed by atoms with van der Waals surface area (Å²) in [5.74, 6) is -0.844. The van der Waals surface area contributed by atoms with Gasteiger partial charge in [-0.05, 0) is 29.7 Å². The summed E-state index contributed by atoms with van der Waals surface area (Å²) in [6, 6.07) is 15.4. The smallest absolute Gasteiger partial charge is 0.324 e. The van der Waals surface area contributed by atoms with Gasteiger partial charge in [0.1, 0.15) is 17.8 Å². The van der Waals surface area contributed by atoms with Gasteiger partial charge in [-0.25, -0.2) is 4.39 Å². The molecule has 0 aromatic heterocycles. The molecule has 0 amide bonds. The molecule has 0 aliphatic heterocycles. The molecule has 0 saturated heterocycles. The molecule has 0 N–H and O–H groups in total. The molecule has 2 rings (SSSR count). The number of ether oxygens (including phenoxy) is 1. The Hall–Kier alpha value is -1.87. The summed E-state index contributed by atoms with van der Waals surface area (Å²) < 4.78 is 18.2. The Balaban J connectivity index is 1.86. The first kappa shape index (κ1) is 14.5. The van der Waals surface area contributed by atoms with E-state index in [1.165, 1.54) is 12.1 Å². The van der Waals surface area contributed by atoms with Gasteiger partial charge in [-0.1, -0.05) is 42.5 Å². The highest BCUT2D eigenvalue weighted by Crippen LogP contribution is 2.12. The maximum absolute atomic E-state index is 13.0. The number of esters is 1. The Labute approximate surface area is 122 Å². The third kappa shape index (κ3) is 4.35. The summed E-state index contributed by atoms with van der Waals surface area (Å²) in [5, 5.41) is -0.819. The molecule has 2 nitrogen and oxygen atoms in total. The van der Waals surface area contributed by atoms with Gasteiger partial charge in [0.05, 0.1) is 0 Å². The number of carbonyl (C=O) groups excluding carboxylic acids is 1. The van der Waals surface area contributed by atoms with Crippen molar-refractivity contribution in [1.29, 1.82) is 0 Å². The summed E-state index contributed by atoms with van der Waals surface area (Å²) in [6.07, 6.45) is 0.243. The first-order valence-corrected chi connectivity index (χ1v) is 6.68. The first-order valence-electron chi connectivity index (χ1n) is 6.24. The minimum atomic E-state index is -0.819. The van der Waals surface area contributed by atoms with Crippen LogP contribution >= 0.6 is 11.6 Å². The molecule has 0 radical (unpaired) electrons. The predicted molar refractivity (Wildman–Crippen MR) is 76.0 cm³/mol. The number of benzene rings is 2. The van der Waals surface area contributed by atoms with Crippen molar-refractivity contribution >= 4 is 17.6 Å². The van der Waals surface area contributed by atoms with E-state index >= 15 is 0 Å². The van der Waals surface area contributed by atoms with Gasteiger partial charge in [0.2, 0.25) is 0 Å². The quantitative estimate of drug-likeness (QED) is 0.620. The standard InChI is InChI=1S/C16H14ClFO2/c17-15(10-13-7-4-8-14(18)9-13)16(19)20-11-12-5-2-1-3-6-12/h1-9,15H,10-11H2. The molecule has 1 unspecified atom stereocenters. The molecule has 0 saturated carbocycles. The zero-order valence-corrected chi connectivity index (χ0v) is 11.5. The summed E-state index contributed by atoms with van der Waals surface area (Å²) in [5.41, 5.74) is 1.57. The fraction of sp³-hybridized carbons (Fsp3) is 0.188. The van der Waals surface area contributed by atoms with Crippen LogP contribution in [0, 0.1) is 5.82 Å². The van der Waals surface area contributed by atoms with Crippen molar-refractivity contribution in [2.24, 2.45) is 0 Å². The van der Waals surface area contributed by atoms with Crippen LogP contribution in [-0.2, 0) is 22.6 Å². The number of hydrogen-bond donors (Lipinski definition) is 0. The second-order valence-corrected chi connectivity index (χ2v) is 4.92. The Morgan fingerprint density at radius 1 is 1.10 bits per heavy atom. The zero-order chi connectivity index (χ0) is 14.4. The SMILES string of the molecule is O=C(OCc1ccccc1)C(Cl)Cc1cccc(F)c1. The van der Waals surface area contributed by atoms with E-state index in [0.29, 0.717) is 5.56 Å². The monoisotopic (exact) mass is 292 g/mol. The minimum Gasteiger partial charge on any atom is -0.460 e. The largest absolute Gasteiger partial charge is 0.460 e. The summed E-state index contributed by atoms with van der Waals surface area (Å²) in [4.78, 5) is 11.8. The molecule has 4 heteroatoms. The van der Waals surface area contributed by atoms with Gasteiger partial charge in [-0.15, -0.1) is 11.6 Å². The van der Waals surface area contributed by atoms with Gasteiger partial charge < -0.3 is 4.74 Å². The molecule has 2 aromatic carbocycles. The van der Waals surface area contributed by atoms with Crippen LogP contribution in [0.25, 0.3) is 0 Å². The molecule has 0 aliphatic carbocycles. The molecule has 2 aromatic rings. The van der Waals surface area contributed by atoms with Gasteiger partial charge in [0.25, 0.3) is 0 Å². The Morgan fingerprint density at radius 3 is 2.50 bits per heavy atom. The molecule has 0 spiro atoms. The number of carbonyl (C=O) groups is 1. The van der Waals surface area contributed by atoms with E-state index in [-0.39, 0.29) is 18.8 Å². The van der Waals surface area contributed by atoms with Gasteiger partial charge >= 0.3 is 5.97 Å². The van der Waals surface area contributed by atoms with E-state index in [1.807, 2.05) is 30.3 Å². The maximum atomic E-state index is 13.0. The minimum absolute atomic E-state index is 0.187. The van der Waals surface area contributed by atoms with E-state index in [0.717, 1.165) is 5.56 Å². The molecule has 0 fully saturated rings. The lowest BCUT2D eigenvalue weighted by atomic mass is 10.1. The molecule has 20 heavy (non-hydrogen) atoms. The highest BCUT2D eigenvalue weighted by atomic mass is 35.5. The third-order valence-electron chi connectivity index (χ3n) is 2.78. The first-order chi connectivity index (χ1) is 9.65. The normalized spacial score (nSPS) is 11.9. The van der Waals surface area contributed by atoms with E-state index in [1.54, 1.807) is 12.1 Å². The van der Waals surface area contributed by atoms with E-state index in [4.69, 9.17) is 16.3 Å². The van der Waals surface area contributed by atoms with Crippen molar-refractivity contribution < 1.29 is 13.9 Å². The molecule has 1 atom stereocenters. The lowest BCUT2D eigenvalue weighted by Gasteiger charge is -2.10. The van der Waals surface area contributed by atoms with Crippen molar-refractivity contribution in [3.8, 4) is 0 Å². The lowest BCUT2D eigenvalue weighted by molar-refractivity contribution is -0.144. The number of hydrogen-bond acceptors (Lipinski definition) is 2. The van der Waals surface area contributed by atoms with Crippen molar-refractivity contribution in [3.63, 3.8) is 0 Å². The molecule has 104 valence electrons. The van der Waals surface area contributed by atoms with Crippen LogP contribution in [0.2, 0.25) is 0 Å². The molecule has 0 aliphatic rings. The molecular formula is C16H14ClFO2. The fourth-order valence-corrected chi connectivity index (χ4v) is 2.01. The number of rotatable bonds is 5. The van der Waals surface area contributed by atoms with Crippen molar-refractivity contribution in [2.75, 3.05) is 0 Å². The van der Waals surface area contributed by atoms with E-state index in [2.05, 4.69) is 0 Å². The topological polar surface area (TPSA) is 26.3 Å². The Kier molecular flexibility index (Phi) is 5.13. The highest BCUT2D eigenvalue weighted by molar-refractivity contribution is 6.30. The average molecular weight is 293 g/mol. The van der Waals surface area contributed by atoms with Crippen LogP contribution in [0.15, 0.2) is 54.6 Å². The van der Waals surface area contributed by atoms with Crippen LogP contribution < -0.4 is 0 Å².